The van der Waals surface area contributed by atoms with Gasteiger partial charge >= 0.3 is 12.2 Å². The molecular weight excluding hydrogens is 476 g/mol. The Morgan fingerprint density at radius 2 is 1.30 bits per heavy atom. The number of amides is 3. The zero-order valence-corrected chi connectivity index (χ0v) is 20.6. The van der Waals surface area contributed by atoms with Gasteiger partial charge in [-0.2, -0.15) is 0 Å². The summed E-state index contributed by atoms with van der Waals surface area (Å²) >= 11 is 0.173. The zero-order valence-electron chi connectivity index (χ0n) is 18.9. The Kier molecular flexibility index (Phi) is 22.7. The Labute approximate surface area is 204 Å². The molecule has 0 heterocycles. The second-order valence-corrected chi connectivity index (χ2v) is 7.92. The van der Waals surface area contributed by atoms with Gasteiger partial charge in [-0.05, 0) is 25.8 Å². The van der Waals surface area contributed by atoms with Crippen molar-refractivity contribution in [3.63, 3.8) is 0 Å². The van der Waals surface area contributed by atoms with Crippen molar-refractivity contribution in [3.05, 3.63) is 0 Å². The minimum absolute atomic E-state index is 0.0665. The molecular formula is C19H38N4O8S2. The lowest BCUT2D eigenvalue weighted by atomic mass is 10.1. The second-order valence-electron chi connectivity index (χ2n) is 7.15. The Hall–Kier alpha value is -1.45. The van der Waals surface area contributed by atoms with Crippen molar-refractivity contribution < 1.29 is 37.7 Å². The molecule has 0 saturated carbocycles. The van der Waals surface area contributed by atoms with Crippen LogP contribution >= 0.6 is 24.5 Å². The van der Waals surface area contributed by atoms with E-state index in [1.54, 1.807) is 0 Å². The highest BCUT2D eigenvalue weighted by Gasteiger charge is 2.16. The Morgan fingerprint density at radius 1 is 0.788 bits per heavy atom. The van der Waals surface area contributed by atoms with Crippen LogP contribution in [0.5, 0.6) is 0 Å². The summed E-state index contributed by atoms with van der Waals surface area (Å²) in [5, 5.41) is 2.88. The third kappa shape index (κ3) is 22.1. The van der Waals surface area contributed by atoms with Crippen molar-refractivity contribution in [3.8, 4) is 0 Å². The molecule has 0 aliphatic rings. The largest absolute Gasteiger partial charge is 0.446 e. The molecule has 194 valence electrons. The predicted molar refractivity (Wildman–Crippen MR) is 127 cm³/mol. The molecule has 7 N–H and O–H groups in total. The van der Waals surface area contributed by atoms with Gasteiger partial charge in [-0.3, -0.25) is 4.79 Å². The second kappa shape index (κ2) is 23.7. The van der Waals surface area contributed by atoms with Crippen LogP contribution in [0.15, 0.2) is 0 Å². The van der Waals surface area contributed by atoms with Gasteiger partial charge in [0, 0.05) is 19.6 Å². The molecule has 0 aliphatic heterocycles. The number of hydrogen-bond donors (Lipinski definition) is 6. The zero-order chi connectivity index (χ0) is 24.6. The summed E-state index contributed by atoms with van der Waals surface area (Å²) in [4.78, 5) is 34.4. The fourth-order valence-corrected chi connectivity index (χ4v) is 3.01. The summed E-state index contributed by atoms with van der Waals surface area (Å²) in [6.45, 7) is 1.10. The van der Waals surface area contributed by atoms with E-state index in [1.807, 2.05) is 9.44 Å². The number of ether oxygens (including phenoxy) is 3. The number of rotatable bonds is 21. The number of carbonyl (C=O) groups is 3. The standard InChI is InChI=1S/C19H38N4O8S2/c20-11-7-5-3-1-2-4-6-8-12-21-17(24)10-9-13-29-16(14-30-18(25)22-32-27)15-31-19(26)23-33-28/h16,27-28H,1-15,20H2,(H,21,24)(H,22,25)(H,23,26). The first-order valence-electron chi connectivity index (χ1n) is 11.1. The average molecular weight is 515 g/mol. The minimum atomic E-state index is -0.891. The van der Waals surface area contributed by atoms with Crippen LogP contribution in [-0.4, -0.2) is 66.2 Å². The minimum Gasteiger partial charge on any atom is -0.446 e. The smallest absolute Gasteiger partial charge is 0.419 e. The van der Waals surface area contributed by atoms with Gasteiger partial charge in [0.2, 0.25) is 5.91 Å². The van der Waals surface area contributed by atoms with E-state index >= 15 is 0 Å². The van der Waals surface area contributed by atoms with Crippen molar-refractivity contribution in [2.45, 2.75) is 70.3 Å². The van der Waals surface area contributed by atoms with Crippen molar-refractivity contribution in [1.82, 2.24) is 14.8 Å². The molecule has 0 aromatic rings. The Balaban J connectivity index is 3.89. The van der Waals surface area contributed by atoms with E-state index in [4.69, 9.17) is 29.0 Å². The Morgan fingerprint density at radius 3 is 1.82 bits per heavy atom. The van der Waals surface area contributed by atoms with Crippen molar-refractivity contribution in [2.24, 2.45) is 5.73 Å². The topological polar surface area (TPSA) is 181 Å². The first-order valence-corrected chi connectivity index (χ1v) is 12.6. The van der Waals surface area contributed by atoms with Crippen LogP contribution in [-0.2, 0) is 19.0 Å². The highest BCUT2D eigenvalue weighted by Crippen LogP contribution is 2.08. The molecule has 0 bridgehead atoms. The van der Waals surface area contributed by atoms with Gasteiger partial charge in [0.05, 0.1) is 0 Å². The molecule has 0 saturated heterocycles. The van der Waals surface area contributed by atoms with Crippen LogP contribution in [0.4, 0.5) is 9.59 Å². The van der Waals surface area contributed by atoms with Gasteiger partial charge in [-0.1, -0.05) is 38.5 Å². The van der Waals surface area contributed by atoms with E-state index in [0.29, 0.717) is 13.0 Å². The molecule has 0 aromatic carbocycles. The summed E-state index contributed by atoms with van der Waals surface area (Å²) in [5.41, 5.74) is 5.47. The van der Waals surface area contributed by atoms with Gasteiger partial charge in [0.25, 0.3) is 0 Å². The van der Waals surface area contributed by atoms with Crippen LogP contribution in [0.3, 0.4) is 0 Å². The lowest BCUT2D eigenvalue weighted by molar-refractivity contribution is -0.121. The Bertz CT molecular complexity index is 498. The molecule has 3 amide bonds. The molecule has 0 aliphatic carbocycles. The fraction of sp³-hybridized carbons (Fsp3) is 0.842. The summed E-state index contributed by atoms with van der Waals surface area (Å²) in [7, 11) is 0. The summed E-state index contributed by atoms with van der Waals surface area (Å²) in [6.07, 6.45) is 7.33. The van der Waals surface area contributed by atoms with Gasteiger partial charge in [-0.25, -0.2) is 19.0 Å². The van der Waals surface area contributed by atoms with Crippen molar-refractivity contribution in [2.75, 3.05) is 32.9 Å². The normalized spacial score (nSPS) is 10.7. The highest BCUT2D eigenvalue weighted by atomic mass is 32.2. The highest BCUT2D eigenvalue weighted by molar-refractivity contribution is 7.92. The third-order valence-corrected chi connectivity index (χ3v) is 4.93. The van der Waals surface area contributed by atoms with E-state index in [-0.39, 0.29) is 56.6 Å². The van der Waals surface area contributed by atoms with E-state index < -0.39 is 18.3 Å². The van der Waals surface area contributed by atoms with Crippen LogP contribution in [0.2, 0.25) is 0 Å². The van der Waals surface area contributed by atoms with Gasteiger partial charge in [-0.15, -0.1) is 0 Å². The van der Waals surface area contributed by atoms with Crippen LogP contribution < -0.4 is 20.5 Å². The summed E-state index contributed by atoms with van der Waals surface area (Å²) in [6, 6.07) is 0. The third-order valence-electron chi connectivity index (χ3n) is 4.41. The molecule has 0 unspecified atom stereocenters. The molecule has 33 heavy (non-hydrogen) atoms. The van der Waals surface area contributed by atoms with Gasteiger partial charge in [0.15, 0.2) is 0 Å². The molecule has 0 radical (unpaired) electrons. The van der Waals surface area contributed by atoms with Crippen LogP contribution in [0, 0.1) is 0 Å². The summed E-state index contributed by atoms with van der Waals surface area (Å²) in [5.74, 6) is -0.0665. The molecule has 0 fully saturated rings. The van der Waals surface area contributed by atoms with E-state index in [9.17, 15) is 14.4 Å². The molecule has 0 aromatic heterocycles. The number of nitrogens with one attached hydrogen (secondary N) is 3. The maximum absolute atomic E-state index is 11.9. The molecule has 14 heteroatoms. The van der Waals surface area contributed by atoms with Crippen molar-refractivity contribution >= 4 is 42.6 Å². The lowest BCUT2D eigenvalue weighted by Gasteiger charge is -2.17. The van der Waals surface area contributed by atoms with Crippen molar-refractivity contribution in [1.29, 1.82) is 0 Å². The lowest BCUT2D eigenvalue weighted by Crippen LogP contribution is -2.32. The molecule has 0 atom stereocenters. The average Bonchev–Trinajstić information content (AvgIpc) is 2.79. The fourth-order valence-electron chi connectivity index (χ4n) is 2.74. The van der Waals surface area contributed by atoms with E-state index in [2.05, 4.69) is 5.32 Å². The summed E-state index contributed by atoms with van der Waals surface area (Å²) < 4.78 is 36.2. The van der Waals surface area contributed by atoms with Crippen LogP contribution in [0.1, 0.15) is 64.2 Å². The SMILES string of the molecule is NCCCCCCCCCCNC(=O)CCCOC(COC(=O)NSO)COC(=O)NSO. The molecule has 0 rings (SSSR count). The maximum atomic E-state index is 11.9. The number of nitrogens with two attached hydrogens (primary N) is 1. The van der Waals surface area contributed by atoms with E-state index in [1.165, 1.54) is 32.1 Å². The first-order chi connectivity index (χ1) is 16.0. The number of hydrogen-bond acceptors (Lipinski definition) is 11. The molecule has 0 spiro atoms. The van der Waals surface area contributed by atoms with Crippen LogP contribution in [0.25, 0.3) is 0 Å². The quantitative estimate of drug-likeness (QED) is 0.0752. The van der Waals surface area contributed by atoms with E-state index in [0.717, 1.165) is 25.8 Å². The molecule has 12 nitrogen and oxygen atoms in total. The maximum Gasteiger partial charge on any atom is 0.419 e. The predicted octanol–water partition coefficient (Wildman–Crippen LogP) is 3.04. The number of unbranched alkanes of at least 4 members (excludes halogenated alkanes) is 7. The number of carbonyl (C=O) groups excluding carboxylic acids is 3. The van der Waals surface area contributed by atoms with Gasteiger partial charge < -0.3 is 34.4 Å². The first kappa shape index (κ1) is 31.6. The van der Waals surface area contributed by atoms with Gasteiger partial charge in [0.1, 0.15) is 43.8 Å². The monoisotopic (exact) mass is 514 g/mol.